The quantitative estimate of drug-likeness (QED) is 0.887. The van der Waals surface area contributed by atoms with Gasteiger partial charge in [-0.2, -0.15) is 5.10 Å². The first kappa shape index (κ1) is 16.7. The monoisotopic (exact) mass is 327 g/mol. The summed E-state index contributed by atoms with van der Waals surface area (Å²) in [7, 11) is 0. The van der Waals surface area contributed by atoms with Crippen LogP contribution >= 0.6 is 0 Å². The Morgan fingerprint density at radius 1 is 1.33 bits per heavy atom. The molecule has 2 heterocycles. The number of piperidine rings is 1. The van der Waals surface area contributed by atoms with E-state index in [0.717, 1.165) is 36.9 Å². The van der Waals surface area contributed by atoms with Crippen LogP contribution in [0.25, 0.3) is 0 Å². The van der Waals surface area contributed by atoms with Crippen LogP contribution in [-0.4, -0.2) is 39.2 Å². The Bertz CT molecular complexity index is 660. The zero-order chi connectivity index (χ0) is 16.9. The lowest BCUT2D eigenvalue weighted by Gasteiger charge is -2.34. The molecule has 0 spiro atoms. The predicted octanol–water partition coefficient (Wildman–Crippen LogP) is 2.95. The number of aromatic amines is 1. The maximum atomic E-state index is 12.5. The Hall–Kier alpha value is -2.14. The van der Waals surface area contributed by atoms with Crippen molar-refractivity contribution >= 4 is 5.91 Å². The standard InChI is InChI=1S/C19H25N3O2/c1-2-6-16-13-17(21-20-16)19(24)22-11-9-15(10-12-22)18(23)14-7-4-3-5-8-14/h3-5,7-8,13,15,18,23H,2,6,9-12H2,1H3,(H,20,21). The second-order valence-electron chi connectivity index (χ2n) is 6.51. The lowest BCUT2D eigenvalue weighted by molar-refractivity contribution is 0.0458. The number of hydrogen-bond donors (Lipinski definition) is 2. The fraction of sp³-hybridized carbons (Fsp3) is 0.474. The lowest BCUT2D eigenvalue weighted by Crippen LogP contribution is -2.40. The first-order valence-corrected chi connectivity index (χ1v) is 8.75. The summed E-state index contributed by atoms with van der Waals surface area (Å²) in [4.78, 5) is 14.4. The summed E-state index contributed by atoms with van der Waals surface area (Å²) in [6.45, 7) is 3.44. The minimum Gasteiger partial charge on any atom is -0.388 e. The van der Waals surface area contributed by atoms with Gasteiger partial charge in [-0.25, -0.2) is 0 Å². The van der Waals surface area contributed by atoms with Crippen LogP contribution in [0.15, 0.2) is 36.4 Å². The van der Waals surface area contributed by atoms with E-state index < -0.39 is 6.10 Å². The Morgan fingerprint density at radius 3 is 2.71 bits per heavy atom. The highest BCUT2D eigenvalue weighted by molar-refractivity contribution is 5.92. The highest BCUT2D eigenvalue weighted by atomic mass is 16.3. The Balaban J connectivity index is 1.57. The molecule has 1 aliphatic rings. The third-order valence-corrected chi connectivity index (χ3v) is 4.78. The van der Waals surface area contributed by atoms with Crippen LogP contribution in [0.1, 0.15) is 54.0 Å². The molecule has 1 aliphatic heterocycles. The van der Waals surface area contributed by atoms with E-state index in [1.165, 1.54) is 0 Å². The van der Waals surface area contributed by atoms with Gasteiger partial charge in [-0.05, 0) is 36.8 Å². The van der Waals surface area contributed by atoms with E-state index in [1.54, 1.807) is 0 Å². The van der Waals surface area contributed by atoms with E-state index >= 15 is 0 Å². The number of aliphatic hydroxyl groups is 1. The van der Waals surface area contributed by atoms with Crippen molar-refractivity contribution < 1.29 is 9.90 Å². The smallest absolute Gasteiger partial charge is 0.274 e. The number of carbonyl (C=O) groups excluding carboxylic acids is 1. The highest BCUT2D eigenvalue weighted by Crippen LogP contribution is 2.30. The molecule has 1 aromatic heterocycles. The van der Waals surface area contributed by atoms with E-state index in [0.29, 0.717) is 18.8 Å². The molecule has 1 unspecified atom stereocenters. The molecule has 1 aromatic carbocycles. The number of rotatable bonds is 5. The van der Waals surface area contributed by atoms with Gasteiger partial charge in [-0.15, -0.1) is 0 Å². The molecule has 1 amide bonds. The van der Waals surface area contributed by atoms with Gasteiger partial charge < -0.3 is 10.0 Å². The number of carbonyl (C=O) groups is 1. The zero-order valence-corrected chi connectivity index (χ0v) is 14.1. The predicted molar refractivity (Wildman–Crippen MR) is 92.6 cm³/mol. The largest absolute Gasteiger partial charge is 0.388 e. The summed E-state index contributed by atoms with van der Waals surface area (Å²) < 4.78 is 0. The van der Waals surface area contributed by atoms with E-state index in [-0.39, 0.29) is 11.8 Å². The molecule has 24 heavy (non-hydrogen) atoms. The van der Waals surface area contributed by atoms with Gasteiger partial charge in [0, 0.05) is 18.8 Å². The van der Waals surface area contributed by atoms with Crippen molar-refractivity contribution in [2.75, 3.05) is 13.1 Å². The van der Waals surface area contributed by atoms with Gasteiger partial charge in [0.15, 0.2) is 0 Å². The second-order valence-corrected chi connectivity index (χ2v) is 6.51. The number of likely N-dealkylation sites (tertiary alicyclic amines) is 1. The van der Waals surface area contributed by atoms with Crippen LogP contribution < -0.4 is 0 Å². The number of benzene rings is 1. The topological polar surface area (TPSA) is 69.2 Å². The lowest BCUT2D eigenvalue weighted by atomic mass is 9.87. The summed E-state index contributed by atoms with van der Waals surface area (Å²) in [5.74, 6) is 0.188. The van der Waals surface area contributed by atoms with Crippen molar-refractivity contribution in [2.45, 2.75) is 38.7 Å². The number of aromatic nitrogens is 2. The summed E-state index contributed by atoms with van der Waals surface area (Å²) in [5.41, 5.74) is 2.47. The SMILES string of the molecule is CCCc1cc(C(=O)N2CCC(C(O)c3ccccc3)CC2)n[nH]1. The summed E-state index contributed by atoms with van der Waals surface area (Å²) in [6, 6.07) is 11.6. The minimum absolute atomic E-state index is 0.0127. The normalized spacial score (nSPS) is 17.0. The number of aliphatic hydroxyl groups excluding tert-OH is 1. The molecule has 0 radical (unpaired) electrons. The van der Waals surface area contributed by atoms with Gasteiger partial charge in [-0.3, -0.25) is 9.89 Å². The molecule has 2 N–H and O–H groups in total. The zero-order valence-electron chi connectivity index (χ0n) is 14.1. The molecule has 1 saturated heterocycles. The molecule has 3 rings (SSSR count). The molecule has 0 saturated carbocycles. The van der Waals surface area contributed by atoms with Crippen LogP contribution in [0, 0.1) is 5.92 Å². The van der Waals surface area contributed by atoms with Gasteiger partial charge in [-0.1, -0.05) is 43.7 Å². The van der Waals surface area contributed by atoms with Gasteiger partial charge in [0.2, 0.25) is 0 Å². The molecule has 128 valence electrons. The fourth-order valence-electron chi connectivity index (χ4n) is 3.37. The Morgan fingerprint density at radius 2 is 2.04 bits per heavy atom. The highest BCUT2D eigenvalue weighted by Gasteiger charge is 2.29. The van der Waals surface area contributed by atoms with Crippen LogP contribution in [0.2, 0.25) is 0 Å². The third kappa shape index (κ3) is 3.67. The average Bonchev–Trinajstić information content (AvgIpc) is 3.10. The number of amides is 1. The van der Waals surface area contributed by atoms with Crippen molar-refractivity contribution in [3.05, 3.63) is 53.3 Å². The summed E-state index contributed by atoms with van der Waals surface area (Å²) in [5, 5.41) is 17.6. The van der Waals surface area contributed by atoms with Gasteiger partial charge >= 0.3 is 0 Å². The van der Waals surface area contributed by atoms with Crippen LogP contribution in [-0.2, 0) is 6.42 Å². The average molecular weight is 327 g/mol. The number of nitrogens with zero attached hydrogens (tertiary/aromatic N) is 2. The molecule has 5 nitrogen and oxygen atoms in total. The molecule has 5 heteroatoms. The van der Waals surface area contributed by atoms with Crippen LogP contribution in [0.5, 0.6) is 0 Å². The number of aryl methyl sites for hydroxylation is 1. The Kier molecular flexibility index (Phi) is 5.30. The maximum absolute atomic E-state index is 12.5. The second kappa shape index (κ2) is 7.62. The number of H-pyrrole nitrogens is 1. The minimum atomic E-state index is -0.454. The van der Waals surface area contributed by atoms with E-state index in [1.807, 2.05) is 41.3 Å². The molecule has 0 aliphatic carbocycles. The van der Waals surface area contributed by atoms with Crippen molar-refractivity contribution in [2.24, 2.45) is 5.92 Å². The van der Waals surface area contributed by atoms with Crippen molar-refractivity contribution in [3.8, 4) is 0 Å². The summed E-state index contributed by atoms with van der Waals surface area (Å²) >= 11 is 0. The van der Waals surface area contributed by atoms with E-state index in [2.05, 4.69) is 17.1 Å². The van der Waals surface area contributed by atoms with Crippen LogP contribution in [0.4, 0.5) is 0 Å². The molecule has 2 aromatic rings. The maximum Gasteiger partial charge on any atom is 0.274 e. The molecule has 1 fully saturated rings. The van der Waals surface area contributed by atoms with Gasteiger partial charge in [0.1, 0.15) is 5.69 Å². The van der Waals surface area contributed by atoms with E-state index in [9.17, 15) is 9.90 Å². The van der Waals surface area contributed by atoms with Crippen LogP contribution in [0.3, 0.4) is 0 Å². The molecule has 0 bridgehead atoms. The third-order valence-electron chi connectivity index (χ3n) is 4.78. The number of nitrogens with one attached hydrogen (secondary N) is 1. The van der Waals surface area contributed by atoms with Crippen molar-refractivity contribution in [3.63, 3.8) is 0 Å². The van der Waals surface area contributed by atoms with Crippen molar-refractivity contribution in [1.29, 1.82) is 0 Å². The number of hydrogen-bond acceptors (Lipinski definition) is 3. The Labute approximate surface area is 142 Å². The first-order chi connectivity index (χ1) is 11.7. The van der Waals surface area contributed by atoms with Gasteiger partial charge in [0.05, 0.1) is 6.10 Å². The summed E-state index contributed by atoms with van der Waals surface area (Å²) in [6.07, 6.45) is 3.11. The van der Waals surface area contributed by atoms with E-state index in [4.69, 9.17) is 0 Å². The first-order valence-electron chi connectivity index (χ1n) is 8.75. The fourth-order valence-corrected chi connectivity index (χ4v) is 3.37. The van der Waals surface area contributed by atoms with Crippen molar-refractivity contribution in [1.82, 2.24) is 15.1 Å². The molecule has 1 atom stereocenters. The molecular formula is C19H25N3O2. The molecular weight excluding hydrogens is 302 g/mol. The van der Waals surface area contributed by atoms with Gasteiger partial charge in [0.25, 0.3) is 5.91 Å².